The predicted molar refractivity (Wildman–Crippen MR) is 178 cm³/mol. The third-order valence-corrected chi connectivity index (χ3v) is 9.65. The lowest BCUT2D eigenvalue weighted by Gasteiger charge is -2.19. The first kappa shape index (κ1) is 29.9. The van der Waals surface area contributed by atoms with Crippen molar-refractivity contribution in [3.8, 4) is 0 Å². The van der Waals surface area contributed by atoms with Gasteiger partial charge in [0.05, 0.1) is 12.7 Å². The van der Waals surface area contributed by atoms with Crippen molar-refractivity contribution in [3.63, 3.8) is 0 Å². The second kappa shape index (κ2) is 13.6. The highest BCUT2D eigenvalue weighted by Crippen LogP contribution is 2.38. The molecular weight excluding hydrogens is 638 g/mol. The van der Waals surface area contributed by atoms with Gasteiger partial charge in [0.2, 0.25) is 0 Å². The van der Waals surface area contributed by atoms with Crippen LogP contribution < -0.4 is 0 Å². The molecule has 9 heteroatoms. The van der Waals surface area contributed by atoms with Crippen LogP contribution in [0.25, 0.3) is 0 Å². The van der Waals surface area contributed by atoms with Gasteiger partial charge in [0, 0.05) is 67.8 Å². The normalized spacial score (nSPS) is 11.3. The summed E-state index contributed by atoms with van der Waals surface area (Å²) in [6, 6.07) is 24.3. The Labute approximate surface area is 275 Å². The van der Waals surface area contributed by atoms with Gasteiger partial charge in [-0.05, 0) is 82.6 Å². The molecule has 0 unspecified atom stereocenters. The summed E-state index contributed by atoms with van der Waals surface area (Å²) in [5, 5.41) is 2.58. The Kier molecular flexibility index (Phi) is 9.46. The van der Waals surface area contributed by atoms with Crippen molar-refractivity contribution in [2.24, 2.45) is 0 Å². The van der Waals surface area contributed by atoms with E-state index in [1.165, 1.54) is 32.0 Å². The molecule has 0 aliphatic rings. The Morgan fingerprint density at radius 2 is 1.02 bits per heavy atom. The van der Waals surface area contributed by atoms with E-state index < -0.39 is 0 Å². The molecule has 0 aliphatic carbocycles. The molecule has 0 aliphatic heterocycles. The molecule has 0 bridgehead atoms. The molecule has 6 rings (SSSR count). The zero-order valence-corrected chi connectivity index (χ0v) is 26.8. The highest BCUT2D eigenvalue weighted by Gasteiger charge is 2.17. The van der Waals surface area contributed by atoms with Crippen molar-refractivity contribution >= 4 is 58.2 Å². The smallest absolute Gasteiger partial charge is 0.0949 e. The molecule has 2 aromatic heterocycles. The van der Waals surface area contributed by atoms with Crippen LogP contribution in [0.4, 0.5) is 0 Å². The molecule has 4 aromatic carbocycles. The van der Waals surface area contributed by atoms with Crippen LogP contribution in [0.2, 0.25) is 20.1 Å². The summed E-state index contributed by atoms with van der Waals surface area (Å²) in [4.78, 5) is 10.9. The maximum atomic E-state index is 6.61. The van der Waals surface area contributed by atoms with E-state index in [0.29, 0.717) is 46.0 Å². The number of imidazole rings is 2. The van der Waals surface area contributed by atoms with Crippen LogP contribution in [0.3, 0.4) is 0 Å². The average molecular weight is 664 g/mol. The van der Waals surface area contributed by atoms with Crippen LogP contribution in [0.15, 0.2) is 120 Å². The molecule has 0 saturated carbocycles. The Morgan fingerprint density at radius 1 is 0.558 bits per heavy atom. The van der Waals surface area contributed by atoms with Gasteiger partial charge in [-0.25, -0.2) is 9.97 Å². The molecular formula is C34H26Cl4N4S. The Bertz CT molecular complexity index is 1720. The maximum absolute atomic E-state index is 6.61. The molecule has 0 N–H and O–H groups in total. The van der Waals surface area contributed by atoms with Gasteiger partial charge in [0.25, 0.3) is 0 Å². The van der Waals surface area contributed by atoms with Crippen molar-refractivity contribution in [1.29, 1.82) is 0 Å². The molecule has 0 saturated heterocycles. The van der Waals surface area contributed by atoms with Crippen molar-refractivity contribution in [1.82, 2.24) is 19.1 Å². The maximum Gasteiger partial charge on any atom is 0.0949 e. The predicted octanol–water partition coefficient (Wildman–Crippen LogP) is 10.1. The fourth-order valence-electron chi connectivity index (χ4n) is 5.09. The summed E-state index contributed by atoms with van der Waals surface area (Å²) in [5.74, 6) is 0. The summed E-state index contributed by atoms with van der Waals surface area (Å²) in [6.45, 7) is 1.36. The van der Waals surface area contributed by atoms with Crippen molar-refractivity contribution in [2.45, 2.75) is 35.7 Å². The van der Waals surface area contributed by atoms with E-state index in [4.69, 9.17) is 46.4 Å². The van der Waals surface area contributed by atoms with Gasteiger partial charge in [0.15, 0.2) is 0 Å². The standard InChI is InChI=1S/C34H26Cl4N4S/c35-27-9-7-25(31(37)17-27)15-23-3-1-5-33(29(23)19-41-13-11-39-21-41)43-34-6-2-4-24(30(34)20-42-14-12-40-22-42)16-26-8-10-28(36)18-32(26)38/h1-14,17-18,21-22H,15-16,19-20H2. The minimum atomic E-state index is 0.627. The van der Waals surface area contributed by atoms with E-state index in [0.717, 1.165) is 11.1 Å². The lowest BCUT2D eigenvalue weighted by Crippen LogP contribution is -2.06. The number of hydrogen-bond acceptors (Lipinski definition) is 3. The van der Waals surface area contributed by atoms with Crippen molar-refractivity contribution < 1.29 is 0 Å². The van der Waals surface area contributed by atoms with E-state index in [1.54, 1.807) is 36.3 Å². The minimum Gasteiger partial charge on any atom is -0.333 e. The zero-order valence-electron chi connectivity index (χ0n) is 22.9. The van der Waals surface area contributed by atoms with E-state index in [2.05, 4.69) is 55.5 Å². The third-order valence-electron chi connectivity index (χ3n) is 7.27. The van der Waals surface area contributed by atoms with Gasteiger partial charge in [-0.1, -0.05) is 94.6 Å². The van der Waals surface area contributed by atoms with Gasteiger partial charge in [-0.2, -0.15) is 0 Å². The van der Waals surface area contributed by atoms with Crippen LogP contribution >= 0.6 is 58.2 Å². The lowest BCUT2D eigenvalue weighted by molar-refractivity contribution is 0.770. The summed E-state index contributed by atoms with van der Waals surface area (Å²) >= 11 is 27.4. The van der Waals surface area contributed by atoms with Crippen LogP contribution in [0, 0.1) is 0 Å². The Hall–Kier alpha value is -3.19. The number of hydrogen-bond donors (Lipinski definition) is 0. The fraction of sp³-hybridized carbons (Fsp3) is 0.118. The fourth-order valence-corrected chi connectivity index (χ4v) is 7.21. The summed E-state index contributed by atoms with van der Waals surface area (Å²) in [5.41, 5.74) is 6.89. The molecule has 0 radical (unpaired) electrons. The van der Waals surface area contributed by atoms with Crippen molar-refractivity contribution in [3.05, 3.63) is 164 Å². The first-order valence-electron chi connectivity index (χ1n) is 13.6. The van der Waals surface area contributed by atoms with E-state index in [9.17, 15) is 0 Å². The van der Waals surface area contributed by atoms with Gasteiger partial charge in [0.1, 0.15) is 0 Å². The van der Waals surface area contributed by atoms with Gasteiger partial charge in [-0.15, -0.1) is 0 Å². The summed E-state index contributed by atoms with van der Waals surface area (Å²) in [7, 11) is 0. The quantitative estimate of drug-likeness (QED) is 0.146. The second-order valence-corrected chi connectivity index (χ2v) is 13.0. The third kappa shape index (κ3) is 7.31. The van der Waals surface area contributed by atoms with Crippen LogP contribution in [-0.2, 0) is 25.9 Å². The molecule has 2 heterocycles. The number of benzene rings is 4. The van der Waals surface area contributed by atoms with Crippen LogP contribution in [0.5, 0.6) is 0 Å². The molecule has 4 nitrogen and oxygen atoms in total. The number of halogens is 4. The first-order chi connectivity index (χ1) is 20.9. The largest absolute Gasteiger partial charge is 0.333 e. The van der Waals surface area contributed by atoms with E-state index in [1.807, 2.05) is 49.3 Å². The number of nitrogens with zero attached hydrogens (tertiary/aromatic N) is 4. The SMILES string of the molecule is Clc1ccc(Cc2cccc(Sc3cccc(Cc4ccc(Cl)cc4Cl)c3Cn3ccnc3)c2Cn2ccnc2)c(Cl)c1. The average Bonchev–Trinajstić information content (AvgIpc) is 3.70. The molecule has 0 spiro atoms. The summed E-state index contributed by atoms with van der Waals surface area (Å²) < 4.78 is 4.19. The molecule has 0 amide bonds. The number of rotatable bonds is 10. The Balaban J connectivity index is 1.41. The molecule has 0 fully saturated rings. The first-order valence-corrected chi connectivity index (χ1v) is 15.9. The number of aromatic nitrogens is 4. The van der Waals surface area contributed by atoms with Gasteiger partial charge < -0.3 is 9.13 Å². The van der Waals surface area contributed by atoms with Crippen molar-refractivity contribution in [2.75, 3.05) is 0 Å². The van der Waals surface area contributed by atoms with Gasteiger partial charge >= 0.3 is 0 Å². The highest BCUT2D eigenvalue weighted by atomic mass is 35.5. The topological polar surface area (TPSA) is 35.6 Å². The van der Waals surface area contributed by atoms with E-state index >= 15 is 0 Å². The molecule has 216 valence electrons. The summed E-state index contributed by atoms with van der Waals surface area (Å²) in [6.07, 6.45) is 12.7. The zero-order chi connectivity index (χ0) is 29.8. The highest BCUT2D eigenvalue weighted by molar-refractivity contribution is 7.99. The second-order valence-electron chi connectivity index (χ2n) is 10.2. The minimum absolute atomic E-state index is 0.627. The van der Waals surface area contributed by atoms with Gasteiger partial charge in [-0.3, -0.25) is 0 Å². The molecule has 0 atom stereocenters. The van der Waals surface area contributed by atoms with Crippen LogP contribution in [0.1, 0.15) is 33.4 Å². The van der Waals surface area contributed by atoms with Crippen LogP contribution in [-0.4, -0.2) is 19.1 Å². The van der Waals surface area contributed by atoms with E-state index in [-0.39, 0.29) is 0 Å². The molecule has 43 heavy (non-hydrogen) atoms. The monoisotopic (exact) mass is 662 g/mol. The lowest BCUT2D eigenvalue weighted by atomic mass is 9.99. The molecule has 6 aromatic rings. The Morgan fingerprint density at radius 3 is 1.42 bits per heavy atom.